The van der Waals surface area contributed by atoms with E-state index in [1.165, 1.54) is 101 Å². The van der Waals surface area contributed by atoms with Gasteiger partial charge in [0.05, 0.1) is 5.88 Å². The maximum absolute atomic E-state index is 12.1. The Kier molecular flexibility index (Phi) is 22.6. The molecule has 1 heterocycles. The van der Waals surface area contributed by atoms with Crippen LogP contribution in [0.3, 0.4) is 0 Å². The monoisotopic (exact) mass is 559 g/mol. The largest absolute Gasteiger partial charge is 0.392 e. The lowest BCUT2D eigenvalue weighted by Crippen LogP contribution is -2.42. The number of hydrogen-bond donors (Lipinski definition) is 0. The normalized spacial score (nSPS) is 14.3. The summed E-state index contributed by atoms with van der Waals surface area (Å²) in [5, 5.41) is 0. The third kappa shape index (κ3) is 19.7. The van der Waals surface area contributed by atoms with E-state index < -0.39 is 18.0 Å². The van der Waals surface area contributed by atoms with Crippen molar-refractivity contribution in [3.05, 3.63) is 0 Å². The lowest BCUT2D eigenvalue weighted by atomic mass is 10.0. The van der Waals surface area contributed by atoms with E-state index in [4.69, 9.17) is 4.74 Å². The molecule has 0 bridgehead atoms. The summed E-state index contributed by atoms with van der Waals surface area (Å²) in [6.07, 6.45) is 24.6. The molecule has 0 radical (unpaired) electrons. The molecule has 0 aliphatic carbocycles. The summed E-state index contributed by atoms with van der Waals surface area (Å²) >= 11 is 1.50. The number of esters is 2. The Labute approximate surface area is 243 Å². The molecular formula is C33H53NO4S. The first kappa shape index (κ1) is 35.1. The van der Waals surface area contributed by atoms with Gasteiger partial charge >= 0.3 is 11.9 Å². The van der Waals surface area contributed by atoms with Gasteiger partial charge in [-0.05, 0) is 31.1 Å². The Balaban J connectivity index is 1.86. The van der Waals surface area contributed by atoms with Crippen molar-refractivity contribution in [1.82, 2.24) is 4.90 Å². The molecule has 0 aromatic heterocycles. The number of thioether (sulfide) groups is 1. The topological polar surface area (TPSA) is 63.7 Å². The molecule has 1 amide bonds. The first-order valence-corrected chi connectivity index (χ1v) is 16.8. The van der Waals surface area contributed by atoms with Crippen LogP contribution in [0.25, 0.3) is 0 Å². The van der Waals surface area contributed by atoms with Gasteiger partial charge in [0.1, 0.15) is 6.04 Å². The van der Waals surface area contributed by atoms with Crippen molar-refractivity contribution in [3.63, 3.8) is 0 Å². The molecule has 1 fully saturated rings. The summed E-state index contributed by atoms with van der Waals surface area (Å²) in [6, 6.07) is -0.634. The minimum Gasteiger partial charge on any atom is -0.392 e. The van der Waals surface area contributed by atoms with E-state index >= 15 is 0 Å². The van der Waals surface area contributed by atoms with Crippen LogP contribution in [0.1, 0.15) is 149 Å². The van der Waals surface area contributed by atoms with Crippen LogP contribution < -0.4 is 0 Å². The highest BCUT2D eigenvalue weighted by Crippen LogP contribution is 2.22. The van der Waals surface area contributed by atoms with E-state index in [9.17, 15) is 14.4 Å². The van der Waals surface area contributed by atoms with E-state index in [0.717, 1.165) is 51.4 Å². The Hall–Kier alpha value is -1.92. The number of rotatable bonds is 21. The van der Waals surface area contributed by atoms with E-state index in [2.05, 4.69) is 30.6 Å². The quantitative estimate of drug-likeness (QED) is 0.0614. The van der Waals surface area contributed by atoms with Gasteiger partial charge in [-0.2, -0.15) is 0 Å². The van der Waals surface area contributed by atoms with Crippen molar-refractivity contribution in [2.45, 2.75) is 155 Å². The molecule has 1 rings (SSSR count). The zero-order chi connectivity index (χ0) is 28.4. The highest BCUT2D eigenvalue weighted by Gasteiger charge is 2.35. The van der Waals surface area contributed by atoms with Gasteiger partial charge in [0.25, 0.3) is 0 Å². The molecule has 1 aliphatic rings. The summed E-state index contributed by atoms with van der Waals surface area (Å²) in [4.78, 5) is 37.1. The van der Waals surface area contributed by atoms with Gasteiger partial charge in [-0.25, -0.2) is 4.79 Å². The zero-order valence-corrected chi connectivity index (χ0v) is 25.6. The number of ether oxygens (including phenoxy) is 1. The highest BCUT2D eigenvalue weighted by molar-refractivity contribution is 7.99. The lowest BCUT2D eigenvalue weighted by Gasteiger charge is -2.19. The Morgan fingerprint density at radius 1 is 0.718 bits per heavy atom. The van der Waals surface area contributed by atoms with E-state index in [1.807, 2.05) is 0 Å². The van der Waals surface area contributed by atoms with Crippen LogP contribution in [0.4, 0.5) is 0 Å². The second-order valence-corrected chi connectivity index (χ2v) is 11.7. The van der Waals surface area contributed by atoms with Crippen LogP contribution in [0.2, 0.25) is 0 Å². The second-order valence-electron chi connectivity index (χ2n) is 10.7. The molecule has 0 spiro atoms. The molecule has 6 heteroatoms. The summed E-state index contributed by atoms with van der Waals surface area (Å²) < 4.78 is 4.96. The first-order valence-electron chi connectivity index (χ1n) is 15.6. The number of amides is 1. The number of nitrogens with zero attached hydrogens (tertiary/aromatic N) is 1. The van der Waals surface area contributed by atoms with Crippen molar-refractivity contribution in [3.8, 4) is 23.7 Å². The maximum Gasteiger partial charge on any atom is 0.337 e. The third-order valence-corrected chi connectivity index (χ3v) is 8.11. The molecule has 5 nitrogen and oxygen atoms in total. The molecular weight excluding hydrogens is 506 g/mol. The lowest BCUT2D eigenvalue weighted by molar-refractivity contribution is -0.164. The van der Waals surface area contributed by atoms with E-state index in [1.54, 1.807) is 0 Å². The first-order chi connectivity index (χ1) is 19.1. The summed E-state index contributed by atoms with van der Waals surface area (Å²) in [5.74, 6) is 12.0. The van der Waals surface area contributed by atoms with Gasteiger partial charge in [0, 0.05) is 31.9 Å². The fraction of sp³-hybridized carbons (Fsp3) is 0.788. The molecule has 220 valence electrons. The fourth-order valence-electron chi connectivity index (χ4n) is 4.64. The van der Waals surface area contributed by atoms with Gasteiger partial charge in [-0.15, -0.1) is 11.8 Å². The minimum atomic E-state index is -0.634. The SMILES string of the molecule is CCCCCCCCCCCCCCC#CC#CCCCCCCCCC(=O)OC(=O)C1CSCN1C(C)=O. The molecule has 39 heavy (non-hydrogen) atoms. The Morgan fingerprint density at radius 3 is 1.67 bits per heavy atom. The van der Waals surface area contributed by atoms with Crippen molar-refractivity contribution in [2.24, 2.45) is 0 Å². The number of carbonyl (C=O) groups excluding carboxylic acids is 3. The number of unbranched alkanes of at least 4 members (excludes halogenated alkanes) is 18. The number of carbonyl (C=O) groups is 3. The van der Waals surface area contributed by atoms with Crippen LogP contribution in [-0.2, 0) is 19.1 Å². The maximum atomic E-state index is 12.1. The molecule has 0 aromatic rings. The van der Waals surface area contributed by atoms with Gasteiger partial charge in [-0.3, -0.25) is 9.59 Å². The van der Waals surface area contributed by atoms with E-state index in [0.29, 0.717) is 11.6 Å². The van der Waals surface area contributed by atoms with Crippen molar-refractivity contribution < 1.29 is 19.1 Å². The number of hydrogen-bond acceptors (Lipinski definition) is 5. The summed E-state index contributed by atoms with van der Waals surface area (Å²) in [6.45, 7) is 3.70. The molecule has 0 saturated carbocycles. The molecule has 1 unspecified atom stereocenters. The van der Waals surface area contributed by atoms with Crippen LogP contribution >= 0.6 is 11.8 Å². The van der Waals surface area contributed by atoms with Crippen LogP contribution in [-0.4, -0.2) is 40.4 Å². The predicted molar refractivity (Wildman–Crippen MR) is 163 cm³/mol. The Bertz CT molecular complexity index is 804. The summed E-state index contributed by atoms with van der Waals surface area (Å²) in [5.41, 5.74) is 0. The predicted octanol–water partition coefficient (Wildman–Crippen LogP) is 8.20. The molecule has 0 aromatic carbocycles. The average Bonchev–Trinajstić information content (AvgIpc) is 3.42. The fourth-order valence-corrected chi connectivity index (χ4v) is 5.84. The molecule has 1 atom stereocenters. The Morgan fingerprint density at radius 2 is 1.18 bits per heavy atom. The van der Waals surface area contributed by atoms with Gasteiger partial charge < -0.3 is 9.64 Å². The molecule has 1 saturated heterocycles. The molecule has 1 aliphatic heterocycles. The van der Waals surface area contributed by atoms with E-state index in [-0.39, 0.29) is 12.3 Å². The van der Waals surface area contributed by atoms with Gasteiger partial charge in [0.2, 0.25) is 5.91 Å². The summed E-state index contributed by atoms with van der Waals surface area (Å²) in [7, 11) is 0. The van der Waals surface area contributed by atoms with Crippen LogP contribution in [0, 0.1) is 23.7 Å². The van der Waals surface area contributed by atoms with Crippen molar-refractivity contribution in [1.29, 1.82) is 0 Å². The average molecular weight is 560 g/mol. The van der Waals surface area contributed by atoms with Crippen molar-refractivity contribution >= 4 is 29.6 Å². The molecule has 0 N–H and O–H groups in total. The van der Waals surface area contributed by atoms with Crippen LogP contribution in [0.5, 0.6) is 0 Å². The minimum absolute atomic E-state index is 0.168. The third-order valence-electron chi connectivity index (χ3n) is 7.10. The second kappa shape index (κ2) is 25.1. The standard InChI is InChI=1S/C33H53NO4S/c1-3-4-5-6-7-8-9-10-11-12-13-14-15-16-17-18-19-20-21-22-23-24-25-26-27-32(36)38-33(37)31-28-39-29-34(31)30(2)35/h31H,3-15,20-29H2,1-2H3. The highest BCUT2D eigenvalue weighted by atomic mass is 32.2. The van der Waals surface area contributed by atoms with Gasteiger partial charge in [0.15, 0.2) is 0 Å². The van der Waals surface area contributed by atoms with Crippen molar-refractivity contribution in [2.75, 3.05) is 11.6 Å². The zero-order valence-electron chi connectivity index (χ0n) is 24.8. The van der Waals surface area contributed by atoms with Gasteiger partial charge in [-0.1, -0.05) is 115 Å². The smallest absolute Gasteiger partial charge is 0.337 e. The van der Waals surface area contributed by atoms with Crippen LogP contribution in [0.15, 0.2) is 0 Å².